The number of carboxylic acid groups (broad SMARTS) is 1. The van der Waals surface area contributed by atoms with Gasteiger partial charge in [0.15, 0.2) is 6.04 Å². The van der Waals surface area contributed by atoms with Crippen LogP contribution in [0.15, 0.2) is 30.3 Å². The molecule has 0 heterocycles. The molecule has 30 heavy (non-hydrogen) atoms. The number of carbonyl (C=O) groups is 4. The maximum atomic E-state index is 12.6. The van der Waals surface area contributed by atoms with Crippen LogP contribution in [0.25, 0.3) is 0 Å². The summed E-state index contributed by atoms with van der Waals surface area (Å²) in [6, 6.07) is 5.70. The van der Waals surface area contributed by atoms with Crippen LogP contribution in [-0.2, 0) is 25.6 Å². The van der Waals surface area contributed by atoms with Crippen LogP contribution >= 0.6 is 0 Å². The van der Waals surface area contributed by atoms with Gasteiger partial charge in [0.25, 0.3) is 0 Å². The van der Waals surface area contributed by atoms with Crippen molar-refractivity contribution in [3.05, 3.63) is 35.9 Å². The van der Waals surface area contributed by atoms with Crippen molar-refractivity contribution in [2.24, 2.45) is 11.7 Å². The summed E-state index contributed by atoms with van der Waals surface area (Å²) >= 11 is 0. The number of hydrogen-bond donors (Lipinski definition) is 6. The molecule has 10 heteroatoms. The fourth-order valence-electron chi connectivity index (χ4n) is 2.53. The van der Waals surface area contributed by atoms with Gasteiger partial charge in [0, 0.05) is 6.42 Å². The summed E-state index contributed by atoms with van der Waals surface area (Å²) in [4.78, 5) is 48.0. The molecule has 0 aliphatic rings. The van der Waals surface area contributed by atoms with Crippen LogP contribution in [0.1, 0.15) is 26.3 Å². The molecule has 0 saturated heterocycles. The Balaban J connectivity index is 2.80. The second kappa shape index (κ2) is 11.9. The van der Waals surface area contributed by atoms with E-state index in [1.54, 1.807) is 38.1 Å². The molecule has 4 atom stereocenters. The van der Waals surface area contributed by atoms with Crippen LogP contribution < -0.4 is 21.7 Å². The van der Waals surface area contributed by atoms with E-state index in [2.05, 4.69) is 16.0 Å². The molecule has 10 nitrogen and oxygen atoms in total. The number of carbonyl (C=O) groups excluding carboxylic acids is 3. The van der Waals surface area contributed by atoms with Crippen LogP contribution in [0.2, 0.25) is 0 Å². The molecular formula is C20H30N4O6. The van der Waals surface area contributed by atoms with E-state index in [4.69, 9.17) is 10.8 Å². The maximum Gasteiger partial charge on any atom is 0.328 e. The highest BCUT2D eigenvalue weighted by Gasteiger charge is 2.27. The summed E-state index contributed by atoms with van der Waals surface area (Å²) in [5, 5.41) is 25.5. The van der Waals surface area contributed by atoms with E-state index in [-0.39, 0.29) is 12.3 Å². The van der Waals surface area contributed by atoms with Crippen LogP contribution in [0.5, 0.6) is 0 Å². The lowest BCUT2D eigenvalue weighted by Crippen LogP contribution is -2.55. The third-order valence-electron chi connectivity index (χ3n) is 4.42. The Morgan fingerprint density at radius 3 is 2.10 bits per heavy atom. The molecule has 3 amide bonds. The molecule has 0 saturated carbocycles. The van der Waals surface area contributed by atoms with E-state index < -0.39 is 54.5 Å². The minimum absolute atomic E-state index is 0.135. The van der Waals surface area contributed by atoms with Gasteiger partial charge in [0.05, 0.1) is 18.7 Å². The van der Waals surface area contributed by atoms with Crippen molar-refractivity contribution in [1.29, 1.82) is 0 Å². The maximum absolute atomic E-state index is 12.6. The SMILES string of the molecule is CC(C)C(N)C(=O)NC(Cc1ccccc1)C(=O)NCC(=O)NC(C(=O)O)C(C)O. The standard InChI is InChI=1S/C20H30N4O6/c1-11(2)16(21)19(28)23-14(9-13-7-5-4-6-8-13)18(27)22-10-15(26)24-17(12(3)25)20(29)30/h4-8,11-12,14,16-17,25H,9-10,21H2,1-3H3,(H,22,27)(H,23,28)(H,24,26)(H,29,30). The highest BCUT2D eigenvalue weighted by atomic mass is 16.4. The Bertz CT molecular complexity index is 738. The number of aliphatic hydroxyl groups excluding tert-OH is 1. The second-order valence-corrected chi connectivity index (χ2v) is 7.36. The van der Waals surface area contributed by atoms with Crippen molar-refractivity contribution >= 4 is 23.7 Å². The van der Waals surface area contributed by atoms with E-state index in [1.165, 1.54) is 6.92 Å². The average molecular weight is 422 g/mol. The van der Waals surface area contributed by atoms with Gasteiger partial charge in [-0.1, -0.05) is 44.2 Å². The van der Waals surface area contributed by atoms with Crippen molar-refractivity contribution in [3.8, 4) is 0 Å². The predicted molar refractivity (Wildman–Crippen MR) is 109 cm³/mol. The molecule has 0 aliphatic heterocycles. The summed E-state index contributed by atoms with van der Waals surface area (Å²) in [6.07, 6.45) is -1.14. The molecular weight excluding hydrogens is 392 g/mol. The molecule has 4 unspecified atom stereocenters. The van der Waals surface area contributed by atoms with Crippen LogP contribution in [0.4, 0.5) is 0 Å². The third kappa shape index (κ3) is 8.18. The quantitative estimate of drug-likeness (QED) is 0.259. The second-order valence-electron chi connectivity index (χ2n) is 7.36. The first kappa shape index (κ1) is 25.1. The lowest BCUT2D eigenvalue weighted by Gasteiger charge is -2.22. The summed E-state index contributed by atoms with van der Waals surface area (Å²) in [5.74, 6) is -3.45. The summed E-state index contributed by atoms with van der Waals surface area (Å²) in [7, 11) is 0. The minimum Gasteiger partial charge on any atom is -0.480 e. The van der Waals surface area contributed by atoms with Crippen molar-refractivity contribution in [3.63, 3.8) is 0 Å². The van der Waals surface area contributed by atoms with E-state index in [0.29, 0.717) is 0 Å². The summed E-state index contributed by atoms with van der Waals surface area (Å²) in [5.41, 5.74) is 6.64. The topological polar surface area (TPSA) is 171 Å². The van der Waals surface area contributed by atoms with Gasteiger partial charge in [-0.15, -0.1) is 0 Å². The molecule has 166 valence electrons. The molecule has 0 aromatic heterocycles. The fraction of sp³-hybridized carbons (Fsp3) is 0.500. The Morgan fingerprint density at radius 2 is 1.60 bits per heavy atom. The van der Waals surface area contributed by atoms with Gasteiger partial charge >= 0.3 is 5.97 Å². The van der Waals surface area contributed by atoms with Crippen molar-refractivity contribution in [1.82, 2.24) is 16.0 Å². The van der Waals surface area contributed by atoms with Gasteiger partial charge in [-0.2, -0.15) is 0 Å². The Labute approximate surface area is 175 Å². The number of aliphatic hydroxyl groups is 1. The van der Waals surface area contributed by atoms with Crippen molar-refractivity contribution < 1.29 is 29.4 Å². The first-order valence-corrected chi connectivity index (χ1v) is 9.60. The number of aliphatic carboxylic acids is 1. The zero-order valence-corrected chi connectivity index (χ0v) is 17.3. The Hall–Kier alpha value is -2.98. The lowest BCUT2D eigenvalue weighted by atomic mass is 10.0. The van der Waals surface area contributed by atoms with Gasteiger partial charge in [0.1, 0.15) is 6.04 Å². The zero-order valence-electron chi connectivity index (χ0n) is 17.3. The Kier molecular flexibility index (Phi) is 9.93. The number of rotatable bonds is 11. The fourth-order valence-corrected chi connectivity index (χ4v) is 2.53. The van der Waals surface area contributed by atoms with Gasteiger partial charge in [-0.3, -0.25) is 14.4 Å². The van der Waals surface area contributed by atoms with Gasteiger partial charge in [0.2, 0.25) is 17.7 Å². The highest BCUT2D eigenvalue weighted by Crippen LogP contribution is 2.05. The van der Waals surface area contributed by atoms with Crippen molar-refractivity contribution in [2.45, 2.75) is 51.4 Å². The number of amides is 3. The number of benzene rings is 1. The first-order chi connectivity index (χ1) is 14.0. The summed E-state index contributed by atoms with van der Waals surface area (Å²) < 4.78 is 0. The van der Waals surface area contributed by atoms with E-state index in [0.717, 1.165) is 5.56 Å². The van der Waals surface area contributed by atoms with E-state index in [1.807, 2.05) is 6.07 Å². The smallest absolute Gasteiger partial charge is 0.328 e. The monoisotopic (exact) mass is 422 g/mol. The number of nitrogens with two attached hydrogens (primary N) is 1. The molecule has 0 aliphatic carbocycles. The third-order valence-corrected chi connectivity index (χ3v) is 4.42. The van der Waals surface area contributed by atoms with Crippen LogP contribution in [0, 0.1) is 5.92 Å². The molecule has 1 rings (SSSR count). The first-order valence-electron chi connectivity index (χ1n) is 9.60. The molecule has 7 N–H and O–H groups in total. The molecule has 0 radical (unpaired) electrons. The lowest BCUT2D eigenvalue weighted by molar-refractivity contribution is -0.144. The summed E-state index contributed by atoms with van der Waals surface area (Å²) in [6.45, 7) is 4.26. The van der Waals surface area contributed by atoms with Gasteiger partial charge in [-0.25, -0.2) is 4.79 Å². The van der Waals surface area contributed by atoms with E-state index in [9.17, 15) is 24.3 Å². The zero-order chi connectivity index (χ0) is 22.8. The van der Waals surface area contributed by atoms with Crippen LogP contribution in [-0.4, -0.2) is 64.7 Å². The largest absolute Gasteiger partial charge is 0.480 e. The van der Waals surface area contributed by atoms with E-state index >= 15 is 0 Å². The van der Waals surface area contributed by atoms with Gasteiger partial charge in [-0.05, 0) is 18.4 Å². The molecule has 0 spiro atoms. The number of carboxylic acids is 1. The number of nitrogens with one attached hydrogen (secondary N) is 3. The van der Waals surface area contributed by atoms with Crippen LogP contribution in [0.3, 0.4) is 0 Å². The molecule has 1 aromatic carbocycles. The molecule has 0 bridgehead atoms. The Morgan fingerprint density at radius 1 is 1.00 bits per heavy atom. The normalized spacial score (nSPS) is 14.9. The van der Waals surface area contributed by atoms with Gasteiger partial charge < -0.3 is 31.9 Å². The molecule has 0 fully saturated rings. The highest BCUT2D eigenvalue weighted by molar-refractivity contribution is 5.92. The minimum atomic E-state index is -1.50. The number of hydrogen-bond acceptors (Lipinski definition) is 6. The molecule has 1 aromatic rings. The van der Waals surface area contributed by atoms with Crippen molar-refractivity contribution in [2.75, 3.05) is 6.54 Å². The predicted octanol–water partition coefficient (Wildman–Crippen LogP) is -1.24. The average Bonchev–Trinajstić information content (AvgIpc) is 2.69.